The van der Waals surface area contributed by atoms with Crippen molar-refractivity contribution in [1.29, 1.82) is 0 Å². The number of nitrogens with one attached hydrogen (secondary N) is 2. The fourth-order valence-electron chi connectivity index (χ4n) is 6.02. The zero-order valence-corrected chi connectivity index (χ0v) is 21.9. The number of nitrogens with zero attached hydrogens (tertiary/aromatic N) is 3. The van der Waals surface area contributed by atoms with E-state index in [4.69, 9.17) is 5.11 Å². The number of aromatic nitrogens is 2. The number of carbonyl (C=O) groups is 4. The molecular formula is C28H33N5O6. The van der Waals surface area contributed by atoms with E-state index in [1.54, 1.807) is 13.1 Å². The summed E-state index contributed by atoms with van der Waals surface area (Å²) in [5.41, 5.74) is 1.75. The second kappa shape index (κ2) is 11.0. The first-order valence-corrected chi connectivity index (χ1v) is 13.6. The van der Waals surface area contributed by atoms with Gasteiger partial charge in [-0.1, -0.05) is 11.8 Å². The number of rotatable bonds is 3. The number of benzene rings is 1. The minimum atomic E-state index is -1.01. The highest BCUT2D eigenvalue weighted by Gasteiger charge is 2.32. The summed E-state index contributed by atoms with van der Waals surface area (Å²) in [6, 6.07) is 4.70. The summed E-state index contributed by atoms with van der Waals surface area (Å²) >= 11 is 0. The summed E-state index contributed by atoms with van der Waals surface area (Å²) in [7, 11) is 1.66. The monoisotopic (exact) mass is 535 g/mol. The van der Waals surface area contributed by atoms with Gasteiger partial charge >= 0.3 is 11.8 Å². The molecular weight excluding hydrogens is 502 g/mol. The standard InChI is InChI=1S/C28H33N5O6/c1-31-23-16-18(4-9-21(23)33(28(31)39)22-10-11-24(34)30-25(22)35)3-2-17-12-14-32(15-13-17)26(36)19-5-7-20(8-6-19)29-27(37)38/h4,9,16-17,19-20,22,29H,5-8,10-15H2,1H3,(H,37,38)(H,30,34,35). The Hall–Kier alpha value is -4.07. The Morgan fingerprint density at radius 2 is 1.72 bits per heavy atom. The summed E-state index contributed by atoms with van der Waals surface area (Å²) in [6.07, 6.45) is 3.85. The third kappa shape index (κ3) is 5.55. The summed E-state index contributed by atoms with van der Waals surface area (Å²) < 4.78 is 2.95. The zero-order valence-electron chi connectivity index (χ0n) is 21.9. The van der Waals surface area contributed by atoms with Crippen LogP contribution in [0, 0.1) is 23.7 Å². The fraction of sp³-hybridized carbons (Fsp3) is 0.536. The van der Waals surface area contributed by atoms with Crippen molar-refractivity contribution >= 4 is 34.8 Å². The van der Waals surface area contributed by atoms with Crippen molar-refractivity contribution < 1.29 is 24.3 Å². The van der Waals surface area contributed by atoms with Gasteiger partial charge in [-0.25, -0.2) is 9.59 Å². The number of fused-ring (bicyclic) bond motifs is 1. The van der Waals surface area contributed by atoms with Gasteiger partial charge in [-0.05, 0) is 63.1 Å². The highest BCUT2D eigenvalue weighted by atomic mass is 16.4. The Morgan fingerprint density at radius 3 is 2.38 bits per heavy atom. The topological polar surface area (TPSA) is 143 Å². The van der Waals surface area contributed by atoms with Crippen molar-refractivity contribution in [3.8, 4) is 11.8 Å². The van der Waals surface area contributed by atoms with E-state index in [9.17, 15) is 24.0 Å². The molecule has 1 aliphatic carbocycles. The summed E-state index contributed by atoms with van der Waals surface area (Å²) in [5, 5.41) is 13.7. The largest absolute Gasteiger partial charge is 0.465 e. The highest BCUT2D eigenvalue weighted by molar-refractivity contribution is 6.00. The summed E-state index contributed by atoms with van der Waals surface area (Å²) in [5.74, 6) is 6.07. The molecule has 1 aromatic heterocycles. The molecule has 3 heterocycles. The molecule has 1 unspecified atom stereocenters. The van der Waals surface area contributed by atoms with Crippen LogP contribution < -0.4 is 16.3 Å². The molecule has 3 aliphatic rings. The molecule has 1 atom stereocenters. The Kier molecular flexibility index (Phi) is 7.46. The molecule has 0 bridgehead atoms. The first kappa shape index (κ1) is 26.5. The molecule has 0 spiro atoms. The SMILES string of the molecule is Cn1c(=O)n(C2CCC(=O)NC2=O)c2ccc(C#CC3CCN(C(=O)C4CCC(NC(=O)O)CC4)CC3)cc21. The Balaban J connectivity index is 1.20. The zero-order chi connectivity index (χ0) is 27.7. The van der Waals surface area contributed by atoms with Gasteiger partial charge in [-0.15, -0.1) is 0 Å². The molecule has 206 valence electrons. The Bertz CT molecular complexity index is 1430. The van der Waals surface area contributed by atoms with Crippen LogP contribution in [0.2, 0.25) is 0 Å². The van der Waals surface area contributed by atoms with Gasteiger partial charge in [0, 0.05) is 50.0 Å². The van der Waals surface area contributed by atoms with Crippen molar-refractivity contribution in [3.05, 3.63) is 34.2 Å². The molecule has 0 radical (unpaired) electrons. The number of carbonyl (C=O) groups excluding carboxylic acids is 3. The maximum Gasteiger partial charge on any atom is 0.404 e. The van der Waals surface area contributed by atoms with Gasteiger partial charge in [0.05, 0.1) is 11.0 Å². The quantitative estimate of drug-likeness (QED) is 0.404. The minimum Gasteiger partial charge on any atom is -0.465 e. The van der Waals surface area contributed by atoms with E-state index < -0.39 is 18.0 Å². The molecule has 2 aliphatic heterocycles. The lowest BCUT2D eigenvalue weighted by molar-refractivity contribution is -0.138. The molecule has 11 nitrogen and oxygen atoms in total. The van der Waals surface area contributed by atoms with Crippen LogP contribution in [0.5, 0.6) is 0 Å². The summed E-state index contributed by atoms with van der Waals surface area (Å²) in [6.45, 7) is 1.32. The van der Waals surface area contributed by atoms with Crippen molar-refractivity contribution in [2.24, 2.45) is 18.9 Å². The number of imide groups is 1. The van der Waals surface area contributed by atoms with E-state index in [1.165, 1.54) is 9.13 Å². The number of amides is 4. The number of piperidine rings is 2. The lowest BCUT2D eigenvalue weighted by atomic mass is 9.84. The molecule has 1 aromatic carbocycles. The van der Waals surface area contributed by atoms with Gasteiger partial charge in [-0.3, -0.25) is 28.8 Å². The molecule has 5 rings (SSSR count). The molecule has 39 heavy (non-hydrogen) atoms. The molecule has 3 fully saturated rings. The first-order valence-electron chi connectivity index (χ1n) is 13.6. The van der Waals surface area contributed by atoms with Crippen LogP contribution in [-0.2, 0) is 21.4 Å². The second-order valence-electron chi connectivity index (χ2n) is 10.7. The predicted octanol–water partition coefficient (Wildman–Crippen LogP) is 1.73. The maximum atomic E-state index is 13.0. The van der Waals surface area contributed by atoms with Gasteiger partial charge in [0.25, 0.3) is 0 Å². The predicted molar refractivity (Wildman–Crippen MR) is 142 cm³/mol. The van der Waals surface area contributed by atoms with Gasteiger partial charge in [0.2, 0.25) is 17.7 Å². The van der Waals surface area contributed by atoms with Gasteiger partial charge in [0.1, 0.15) is 6.04 Å². The van der Waals surface area contributed by atoms with Crippen LogP contribution >= 0.6 is 0 Å². The van der Waals surface area contributed by atoms with Crippen LogP contribution in [0.3, 0.4) is 0 Å². The fourth-order valence-corrected chi connectivity index (χ4v) is 6.02. The molecule has 11 heteroatoms. The van der Waals surface area contributed by atoms with Crippen molar-refractivity contribution in [1.82, 2.24) is 24.7 Å². The number of hydrogen-bond acceptors (Lipinski definition) is 5. The number of imidazole rings is 1. The van der Waals surface area contributed by atoms with E-state index in [-0.39, 0.29) is 48.2 Å². The lowest BCUT2D eigenvalue weighted by Crippen LogP contribution is -2.44. The van der Waals surface area contributed by atoms with Gasteiger partial charge in [0.15, 0.2) is 0 Å². The third-order valence-electron chi connectivity index (χ3n) is 8.24. The van der Waals surface area contributed by atoms with Crippen LogP contribution in [0.4, 0.5) is 4.79 Å². The van der Waals surface area contributed by atoms with Crippen molar-refractivity contribution in [2.45, 2.75) is 63.5 Å². The minimum absolute atomic E-state index is 0.0367. The summed E-state index contributed by atoms with van der Waals surface area (Å²) in [4.78, 5) is 62.6. The van der Waals surface area contributed by atoms with E-state index in [0.29, 0.717) is 49.8 Å². The number of hydrogen-bond donors (Lipinski definition) is 3. The van der Waals surface area contributed by atoms with E-state index in [1.807, 2.05) is 17.0 Å². The normalized spacial score (nSPS) is 24.1. The second-order valence-corrected chi connectivity index (χ2v) is 10.7. The highest BCUT2D eigenvalue weighted by Crippen LogP contribution is 2.28. The average Bonchev–Trinajstić information content (AvgIpc) is 3.16. The van der Waals surface area contributed by atoms with Gasteiger partial charge in [-0.2, -0.15) is 0 Å². The molecule has 4 amide bonds. The number of aryl methyl sites for hydroxylation is 1. The van der Waals surface area contributed by atoms with Gasteiger partial charge < -0.3 is 15.3 Å². The smallest absolute Gasteiger partial charge is 0.404 e. The van der Waals surface area contributed by atoms with Crippen LogP contribution in [-0.4, -0.2) is 62.1 Å². The first-order chi connectivity index (χ1) is 18.7. The van der Waals surface area contributed by atoms with Crippen LogP contribution in [0.15, 0.2) is 23.0 Å². The maximum absolute atomic E-state index is 13.0. The average molecular weight is 536 g/mol. The number of likely N-dealkylation sites (tertiary alicyclic amines) is 1. The Morgan fingerprint density at radius 1 is 1.00 bits per heavy atom. The molecule has 2 saturated heterocycles. The lowest BCUT2D eigenvalue weighted by Gasteiger charge is -2.35. The van der Waals surface area contributed by atoms with Crippen LogP contribution in [0.25, 0.3) is 11.0 Å². The third-order valence-corrected chi connectivity index (χ3v) is 8.24. The van der Waals surface area contributed by atoms with Crippen molar-refractivity contribution in [3.63, 3.8) is 0 Å². The molecule has 1 saturated carbocycles. The van der Waals surface area contributed by atoms with E-state index in [0.717, 1.165) is 18.4 Å². The van der Waals surface area contributed by atoms with Crippen molar-refractivity contribution in [2.75, 3.05) is 13.1 Å². The Labute approximate surface area is 225 Å². The van der Waals surface area contributed by atoms with Crippen LogP contribution in [0.1, 0.15) is 63.0 Å². The number of carboxylic acid groups (broad SMARTS) is 1. The molecule has 3 N–H and O–H groups in total. The van der Waals surface area contributed by atoms with E-state index in [2.05, 4.69) is 22.5 Å². The van der Waals surface area contributed by atoms with E-state index >= 15 is 0 Å². The molecule has 2 aromatic rings.